The standard InChI is InChI=1S/C17H19N5O2/c1-12(23)13-2-4-14(5-3-13)21-8-10-22(11-9-21)17(24)15-16(18)20-7-6-19-15/h2-7H,8-11H2,1H3,(H2,18,20). The molecular formula is C17H19N5O2. The molecule has 1 aliphatic rings. The Kier molecular flexibility index (Phi) is 4.41. The molecule has 0 spiro atoms. The summed E-state index contributed by atoms with van der Waals surface area (Å²) in [6, 6.07) is 7.54. The Morgan fingerprint density at radius 1 is 1.00 bits per heavy atom. The first-order valence-electron chi connectivity index (χ1n) is 7.78. The topological polar surface area (TPSA) is 92.4 Å². The van der Waals surface area contributed by atoms with Gasteiger partial charge in [0.05, 0.1) is 0 Å². The molecular weight excluding hydrogens is 306 g/mol. The van der Waals surface area contributed by atoms with Crippen LogP contribution >= 0.6 is 0 Å². The van der Waals surface area contributed by atoms with Gasteiger partial charge in [0.1, 0.15) is 0 Å². The third-order valence-electron chi connectivity index (χ3n) is 4.13. The van der Waals surface area contributed by atoms with Gasteiger partial charge in [-0.15, -0.1) is 0 Å². The minimum Gasteiger partial charge on any atom is -0.382 e. The van der Waals surface area contributed by atoms with Gasteiger partial charge in [0.2, 0.25) is 0 Å². The number of benzene rings is 1. The molecule has 0 unspecified atom stereocenters. The molecule has 0 radical (unpaired) electrons. The zero-order valence-electron chi connectivity index (χ0n) is 13.5. The van der Waals surface area contributed by atoms with Gasteiger partial charge in [-0.1, -0.05) is 0 Å². The summed E-state index contributed by atoms with van der Waals surface area (Å²) < 4.78 is 0. The summed E-state index contributed by atoms with van der Waals surface area (Å²) in [6.45, 7) is 4.15. The summed E-state index contributed by atoms with van der Waals surface area (Å²) in [5.74, 6) is 0.0236. The van der Waals surface area contributed by atoms with E-state index in [9.17, 15) is 9.59 Å². The monoisotopic (exact) mass is 325 g/mol. The van der Waals surface area contributed by atoms with E-state index >= 15 is 0 Å². The number of rotatable bonds is 3. The van der Waals surface area contributed by atoms with Crippen LogP contribution in [0.1, 0.15) is 27.8 Å². The van der Waals surface area contributed by atoms with Crippen LogP contribution in [0.25, 0.3) is 0 Å². The maximum absolute atomic E-state index is 12.5. The van der Waals surface area contributed by atoms with Crippen LogP contribution in [0, 0.1) is 0 Å². The van der Waals surface area contributed by atoms with Crippen LogP contribution in [-0.2, 0) is 0 Å². The molecule has 0 atom stereocenters. The molecule has 1 aromatic heterocycles. The van der Waals surface area contributed by atoms with Crippen LogP contribution in [0.15, 0.2) is 36.7 Å². The van der Waals surface area contributed by atoms with Crippen LogP contribution in [0.2, 0.25) is 0 Å². The highest BCUT2D eigenvalue weighted by atomic mass is 16.2. The molecule has 3 rings (SSSR count). The summed E-state index contributed by atoms with van der Waals surface area (Å²) in [6.07, 6.45) is 2.94. The fraction of sp³-hybridized carbons (Fsp3) is 0.294. The molecule has 0 aliphatic carbocycles. The molecule has 124 valence electrons. The predicted octanol–water partition coefficient (Wildman–Crippen LogP) is 1.22. The van der Waals surface area contributed by atoms with Gasteiger partial charge in [-0.05, 0) is 31.2 Å². The molecule has 1 aliphatic heterocycles. The van der Waals surface area contributed by atoms with Crippen molar-refractivity contribution in [3.63, 3.8) is 0 Å². The van der Waals surface area contributed by atoms with Gasteiger partial charge in [-0.3, -0.25) is 9.59 Å². The third kappa shape index (κ3) is 3.19. The number of hydrogen-bond acceptors (Lipinski definition) is 6. The minimum absolute atomic E-state index is 0.0542. The quantitative estimate of drug-likeness (QED) is 0.853. The van der Waals surface area contributed by atoms with Crippen molar-refractivity contribution in [3.05, 3.63) is 47.9 Å². The number of nitrogen functional groups attached to an aromatic ring is 1. The average Bonchev–Trinajstić information content (AvgIpc) is 2.62. The summed E-state index contributed by atoms with van der Waals surface area (Å²) in [4.78, 5) is 35.7. The second kappa shape index (κ2) is 6.66. The van der Waals surface area contributed by atoms with Crippen molar-refractivity contribution >= 4 is 23.2 Å². The van der Waals surface area contributed by atoms with E-state index in [0.29, 0.717) is 31.7 Å². The number of nitrogens with zero attached hydrogens (tertiary/aromatic N) is 4. The van der Waals surface area contributed by atoms with E-state index < -0.39 is 0 Å². The number of nitrogens with two attached hydrogens (primary N) is 1. The molecule has 2 N–H and O–H groups in total. The van der Waals surface area contributed by atoms with E-state index in [4.69, 9.17) is 5.73 Å². The van der Waals surface area contributed by atoms with Gasteiger partial charge in [0.15, 0.2) is 17.3 Å². The molecule has 7 nitrogen and oxygen atoms in total. The van der Waals surface area contributed by atoms with Gasteiger partial charge in [-0.2, -0.15) is 0 Å². The Balaban J connectivity index is 1.64. The lowest BCUT2D eigenvalue weighted by Gasteiger charge is -2.36. The van der Waals surface area contributed by atoms with E-state index in [-0.39, 0.29) is 23.2 Å². The number of amides is 1. The molecule has 24 heavy (non-hydrogen) atoms. The minimum atomic E-state index is -0.188. The summed E-state index contributed by atoms with van der Waals surface area (Å²) >= 11 is 0. The Morgan fingerprint density at radius 2 is 1.62 bits per heavy atom. The normalized spacial score (nSPS) is 14.5. The van der Waals surface area contributed by atoms with E-state index in [2.05, 4.69) is 14.9 Å². The van der Waals surface area contributed by atoms with Gasteiger partial charge in [0.25, 0.3) is 5.91 Å². The van der Waals surface area contributed by atoms with Crippen molar-refractivity contribution in [1.29, 1.82) is 0 Å². The molecule has 1 fully saturated rings. The highest BCUT2D eigenvalue weighted by Crippen LogP contribution is 2.19. The maximum Gasteiger partial charge on any atom is 0.276 e. The van der Waals surface area contributed by atoms with Crippen LogP contribution in [0.3, 0.4) is 0 Å². The number of carbonyl (C=O) groups is 2. The van der Waals surface area contributed by atoms with Gasteiger partial charge >= 0.3 is 0 Å². The Morgan fingerprint density at radius 3 is 2.21 bits per heavy atom. The molecule has 2 aromatic rings. The number of Topliss-reactive ketones (excluding diaryl/α,β-unsaturated/α-hetero) is 1. The van der Waals surface area contributed by atoms with Crippen molar-refractivity contribution in [2.45, 2.75) is 6.92 Å². The first-order chi connectivity index (χ1) is 11.6. The smallest absolute Gasteiger partial charge is 0.276 e. The van der Waals surface area contributed by atoms with Crippen molar-refractivity contribution in [2.75, 3.05) is 36.8 Å². The van der Waals surface area contributed by atoms with Crippen LogP contribution in [-0.4, -0.2) is 52.7 Å². The molecule has 1 amide bonds. The number of aromatic nitrogens is 2. The van der Waals surface area contributed by atoms with E-state index in [0.717, 1.165) is 5.69 Å². The zero-order valence-corrected chi connectivity index (χ0v) is 13.5. The summed E-state index contributed by atoms with van der Waals surface area (Å²) in [5, 5.41) is 0. The van der Waals surface area contributed by atoms with E-state index in [1.807, 2.05) is 24.3 Å². The first-order valence-corrected chi connectivity index (χ1v) is 7.78. The summed E-state index contributed by atoms with van der Waals surface area (Å²) in [5.41, 5.74) is 7.68. The Labute approximate surface area is 140 Å². The van der Waals surface area contributed by atoms with Crippen LogP contribution in [0.4, 0.5) is 11.5 Å². The van der Waals surface area contributed by atoms with E-state index in [1.165, 1.54) is 12.4 Å². The zero-order chi connectivity index (χ0) is 17.1. The van der Waals surface area contributed by atoms with Crippen molar-refractivity contribution in [2.24, 2.45) is 0 Å². The lowest BCUT2D eigenvalue weighted by atomic mass is 10.1. The Bertz CT molecular complexity index is 752. The fourth-order valence-corrected chi connectivity index (χ4v) is 2.74. The third-order valence-corrected chi connectivity index (χ3v) is 4.13. The maximum atomic E-state index is 12.5. The molecule has 2 heterocycles. The molecule has 0 saturated carbocycles. The first kappa shape index (κ1) is 15.9. The molecule has 7 heteroatoms. The number of hydrogen-bond donors (Lipinski definition) is 1. The predicted molar refractivity (Wildman–Crippen MR) is 91.0 cm³/mol. The SMILES string of the molecule is CC(=O)c1ccc(N2CCN(C(=O)c3nccnc3N)CC2)cc1. The van der Waals surface area contributed by atoms with Gasteiger partial charge in [-0.25, -0.2) is 9.97 Å². The largest absolute Gasteiger partial charge is 0.382 e. The fourth-order valence-electron chi connectivity index (χ4n) is 2.74. The highest BCUT2D eigenvalue weighted by Gasteiger charge is 2.24. The average molecular weight is 325 g/mol. The lowest BCUT2D eigenvalue weighted by molar-refractivity contribution is 0.0741. The molecule has 1 saturated heterocycles. The number of ketones is 1. The van der Waals surface area contributed by atoms with Gasteiger partial charge < -0.3 is 15.5 Å². The molecule has 1 aromatic carbocycles. The van der Waals surface area contributed by atoms with Crippen molar-refractivity contribution in [3.8, 4) is 0 Å². The Hall–Kier alpha value is -2.96. The number of piperazine rings is 1. The van der Waals surface area contributed by atoms with Crippen LogP contribution < -0.4 is 10.6 Å². The second-order valence-corrected chi connectivity index (χ2v) is 5.67. The van der Waals surface area contributed by atoms with Crippen molar-refractivity contribution < 1.29 is 9.59 Å². The number of anilines is 2. The number of carbonyl (C=O) groups excluding carboxylic acids is 2. The second-order valence-electron chi connectivity index (χ2n) is 5.67. The highest BCUT2D eigenvalue weighted by molar-refractivity contribution is 5.96. The van der Waals surface area contributed by atoms with E-state index in [1.54, 1.807) is 11.8 Å². The van der Waals surface area contributed by atoms with Crippen molar-refractivity contribution in [1.82, 2.24) is 14.9 Å². The van der Waals surface area contributed by atoms with Crippen LogP contribution in [0.5, 0.6) is 0 Å². The summed E-state index contributed by atoms with van der Waals surface area (Å²) in [7, 11) is 0. The van der Waals surface area contributed by atoms with Gasteiger partial charge in [0, 0.05) is 49.8 Å². The molecule has 0 bridgehead atoms. The lowest BCUT2D eigenvalue weighted by Crippen LogP contribution is -2.49.